The van der Waals surface area contributed by atoms with Crippen molar-refractivity contribution in [2.24, 2.45) is 0 Å². The number of hydrogen-bond acceptors (Lipinski definition) is 3. The minimum atomic E-state index is -0.105. The zero-order valence-corrected chi connectivity index (χ0v) is 15.9. The number of benzene rings is 1. The van der Waals surface area contributed by atoms with E-state index >= 15 is 0 Å². The van der Waals surface area contributed by atoms with Crippen molar-refractivity contribution in [1.29, 1.82) is 0 Å². The second-order valence-electron chi connectivity index (χ2n) is 7.15. The molecule has 5 heteroatoms. The number of fused-ring (bicyclic) bond motifs is 2. The Morgan fingerprint density at radius 3 is 2.89 bits per heavy atom. The lowest BCUT2D eigenvalue weighted by atomic mass is 9.98. The SMILES string of the molecule is O=C(C[C@@H]1OCCc2ccsc21)N1CCn2cccc2[C@@H]1c1ccccc1. The van der Waals surface area contributed by atoms with E-state index in [0.717, 1.165) is 25.1 Å². The molecule has 0 fully saturated rings. The molecular weight excluding hydrogens is 356 g/mol. The fourth-order valence-electron chi connectivity index (χ4n) is 4.29. The molecule has 0 saturated heterocycles. The molecule has 4 heterocycles. The van der Waals surface area contributed by atoms with Gasteiger partial charge in [0, 0.05) is 29.9 Å². The van der Waals surface area contributed by atoms with Crippen LogP contribution in [-0.4, -0.2) is 28.5 Å². The van der Waals surface area contributed by atoms with Crippen LogP contribution in [0.5, 0.6) is 0 Å². The molecule has 138 valence electrons. The summed E-state index contributed by atoms with van der Waals surface area (Å²) in [5, 5.41) is 2.11. The van der Waals surface area contributed by atoms with Crippen LogP contribution in [0.1, 0.15) is 40.3 Å². The van der Waals surface area contributed by atoms with Gasteiger partial charge >= 0.3 is 0 Å². The molecule has 0 N–H and O–H groups in total. The quantitative estimate of drug-likeness (QED) is 0.685. The number of rotatable bonds is 3. The highest BCUT2D eigenvalue weighted by atomic mass is 32.1. The molecule has 0 unspecified atom stereocenters. The van der Waals surface area contributed by atoms with E-state index in [9.17, 15) is 4.79 Å². The Morgan fingerprint density at radius 1 is 1.11 bits per heavy atom. The highest BCUT2D eigenvalue weighted by Crippen LogP contribution is 2.37. The Bertz CT molecular complexity index is 946. The standard InChI is InChI=1S/C22H22N2O2S/c25-20(15-19-22-17(8-13-26-19)9-14-27-22)24-12-11-23-10-4-7-18(23)21(24)16-5-2-1-3-6-16/h1-7,9-10,14,19,21H,8,11-13,15H2/t19-,21-/m0/s1. The molecule has 5 rings (SSSR count). The van der Waals surface area contributed by atoms with Crippen molar-refractivity contribution >= 4 is 17.2 Å². The Labute approximate surface area is 163 Å². The van der Waals surface area contributed by atoms with E-state index in [2.05, 4.69) is 46.5 Å². The lowest BCUT2D eigenvalue weighted by molar-refractivity contribution is -0.137. The molecule has 27 heavy (non-hydrogen) atoms. The van der Waals surface area contributed by atoms with Gasteiger partial charge in [-0.3, -0.25) is 4.79 Å². The van der Waals surface area contributed by atoms with Gasteiger partial charge in [-0.25, -0.2) is 0 Å². The fourth-order valence-corrected chi connectivity index (χ4v) is 5.29. The number of amides is 1. The monoisotopic (exact) mass is 378 g/mol. The van der Waals surface area contributed by atoms with Crippen LogP contribution in [0.15, 0.2) is 60.1 Å². The average Bonchev–Trinajstić information content (AvgIpc) is 3.37. The molecule has 2 atom stereocenters. The van der Waals surface area contributed by atoms with E-state index in [-0.39, 0.29) is 18.1 Å². The summed E-state index contributed by atoms with van der Waals surface area (Å²) in [6, 6.07) is 16.7. The largest absolute Gasteiger partial charge is 0.372 e. The predicted molar refractivity (Wildman–Crippen MR) is 106 cm³/mol. The van der Waals surface area contributed by atoms with Crippen LogP contribution < -0.4 is 0 Å². The second kappa shape index (κ2) is 6.98. The van der Waals surface area contributed by atoms with Crippen LogP contribution in [0.4, 0.5) is 0 Å². The predicted octanol–water partition coefficient (Wildman–Crippen LogP) is 4.19. The molecule has 3 aromatic rings. The summed E-state index contributed by atoms with van der Waals surface area (Å²) in [7, 11) is 0. The first-order chi connectivity index (χ1) is 13.3. The van der Waals surface area contributed by atoms with E-state index in [1.807, 2.05) is 23.1 Å². The molecule has 1 amide bonds. The molecule has 2 aliphatic heterocycles. The molecular formula is C22H22N2O2S. The summed E-state index contributed by atoms with van der Waals surface area (Å²) < 4.78 is 8.24. The number of ether oxygens (including phenoxy) is 1. The van der Waals surface area contributed by atoms with Gasteiger partial charge in [-0.15, -0.1) is 11.3 Å². The zero-order chi connectivity index (χ0) is 18.2. The summed E-state index contributed by atoms with van der Waals surface area (Å²) in [5.74, 6) is 0.169. The summed E-state index contributed by atoms with van der Waals surface area (Å²) in [4.78, 5) is 16.6. The minimum absolute atomic E-state index is 0.0335. The molecule has 2 aliphatic rings. The summed E-state index contributed by atoms with van der Waals surface area (Å²) >= 11 is 1.71. The normalized spacial score (nSPS) is 21.6. The third kappa shape index (κ3) is 3.01. The van der Waals surface area contributed by atoms with E-state index < -0.39 is 0 Å². The average molecular weight is 378 g/mol. The first-order valence-electron chi connectivity index (χ1n) is 9.48. The van der Waals surface area contributed by atoms with E-state index in [0.29, 0.717) is 13.0 Å². The van der Waals surface area contributed by atoms with Crippen molar-refractivity contribution in [3.05, 3.63) is 81.8 Å². The Hall–Kier alpha value is -2.37. The number of carbonyl (C=O) groups excluding carboxylic acids is 1. The molecule has 0 bridgehead atoms. The van der Waals surface area contributed by atoms with Gasteiger partial charge in [0.05, 0.1) is 19.1 Å². The first kappa shape index (κ1) is 16.8. The second-order valence-corrected chi connectivity index (χ2v) is 8.10. The van der Waals surface area contributed by atoms with Gasteiger partial charge in [0.2, 0.25) is 5.91 Å². The van der Waals surface area contributed by atoms with Crippen LogP contribution >= 0.6 is 11.3 Å². The van der Waals surface area contributed by atoms with Crippen LogP contribution in [0.3, 0.4) is 0 Å². The van der Waals surface area contributed by atoms with Gasteiger partial charge in [0.25, 0.3) is 0 Å². The molecule has 0 spiro atoms. The van der Waals surface area contributed by atoms with Crippen LogP contribution in [-0.2, 0) is 22.5 Å². The van der Waals surface area contributed by atoms with Crippen LogP contribution in [0, 0.1) is 0 Å². The summed E-state index contributed by atoms with van der Waals surface area (Å²) in [5.41, 5.74) is 3.69. The zero-order valence-electron chi connectivity index (χ0n) is 15.1. The van der Waals surface area contributed by atoms with E-state index in [1.165, 1.54) is 16.1 Å². The maximum Gasteiger partial charge on any atom is 0.226 e. The first-order valence-corrected chi connectivity index (χ1v) is 10.4. The number of thiophene rings is 1. The highest BCUT2D eigenvalue weighted by Gasteiger charge is 2.34. The van der Waals surface area contributed by atoms with Crippen molar-refractivity contribution in [3.8, 4) is 0 Å². The molecule has 0 saturated carbocycles. The van der Waals surface area contributed by atoms with Crippen LogP contribution in [0.2, 0.25) is 0 Å². The molecule has 1 aromatic carbocycles. The fraction of sp³-hybridized carbons (Fsp3) is 0.318. The van der Waals surface area contributed by atoms with Crippen molar-refractivity contribution < 1.29 is 9.53 Å². The summed E-state index contributed by atoms with van der Waals surface area (Å²) in [6.07, 6.45) is 3.37. The van der Waals surface area contributed by atoms with Gasteiger partial charge in [-0.05, 0) is 41.1 Å². The topological polar surface area (TPSA) is 34.5 Å². The van der Waals surface area contributed by atoms with E-state index in [4.69, 9.17) is 4.74 Å². The smallest absolute Gasteiger partial charge is 0.226 e. The minimum Gasteiger partial charge on any atom is -0.372 e. The lowest BCUT2D eigenvalue weighted by Gasteiger charge is -2.38. The van der Waals surface area contributed by atoms with Gasteiger partial charge in [0.1, 0.15) is 6.10 Å². The Kier molecular flexibility index (Phi) is 4.34. The molecule has 0 radical (unpaired) electrons. The summed E-state index contributed by atoms with van der Waals surface area (Å²) in [6.45, 7) is 2.27. The van der Waals surface area contributed by atoms with Gasteiger partial charge < -0.3 is 14.2 Å². The lowest BCUT2D eigenvalue weighted by Crippen LogP contribution is -2.43. The van der Waals surface area contributed by atoms with E-state index in [1.54, 1.807) is 11.3 Å². The third-order valence-corrected chi connectivity index (χ3v) is 6.65. The van der Waals surface area contributed by atoms with Crippen molar-refractivity contribution in [2.75, 3.05) is 13.2 Å². The maximum absolute atomic E-state index is 13.4. The van der Waals surface area contributed by atoms with Crippen molar-refractivity contribution in [1.82, 2.24) is 9.47 Å². The number of nitrogens with zero attached hydrogens (tertiary/aromatic N) is 2. The molecule has 4 nitrogen and oxygen atoms in total. The molecule has 2 aromatic heterocycles. The van der Waals surface area contributed by atoms with Crippen LogP contribution in [0.25, 0.3) is 0 Å². The van der Waals surface area contributed by atoms with Gasteiger partial charge in [-0.1, -0.05) is 30.3 Å². The highest BCUT2D eigenvalue weighted by molar-refractivity contribution is 7.10. The number of hydrogen-bond donors (Lipinski definition) is 0. The van der Waals surface area contributed by atoms with Gasteiger partial charge in [-0.2, -0.15) is 0 Å². The number of aromatic nitrogens is 1. The van der Waals surface area contributed by atoms with Crippen molar-refractivity contribution in [3.63, 3.8) is 0 Å². The van der Waals surface area contributed by atoms with Gasteiger partial charge in [0.15, 0.2) is 0 Å². The molecule has 0 aliphatic carbocycles. The maximum atomic E-state index is 13.4. The Morgan fingerprint density at radius 2 is 2.00 bits per heavy atom. The third-order valence-electron chi connectivity index (χ3n) is 5.60. The Balaban J connectivity index is 1.44. The number of carbonyl (C=O) groups is 1. The van der Waals surface area contributed by atoms with Crippen molar-refractivity contribution in [2.45, 2.75) is 31.5 Å².